The number of aliphatic carboxylic acids is 1. The molecule has 0 spiro atoms. The molecule has 2 atom stereocenters. The third-order valence-electron chi connectivity index (χ3n) is 2.68. The fourth-order valence-corrected chi connectivity index (χ4v) is 3.20. The summed E-state index contributed by atoms with van der Waals surface area (Å²) in [4.78, 5) is 10.8. The molecule has 0 amide bonds. The Morgan fingerprint density at radius 1 is 1.29 bits per heavy atom. The van der Waals surface area contributed by atoms with Crippen molar-refractivity contribution in [2.24, 2.45) is 0 Å². The highest BCUT2D eigenvalue weighted by Crippen LogP contribution is 2.12. The summed E-state index contributed by atoms with van der Waals surface area (Å²) in [5, 5.41) is 18.0. The predicted octanol–water partition coefficient (Wildman–Crippen LogP) is -0.859. The molecule has 0 saturated carbocycles. The number of hydrogen-bond donors (Lipinski definition) is 3. The normalized spacial score (nSPS) is 22.0. The Bertz CT molecular complexity index is 362. The van der Waals surface area contributed by atoms with Gasteiger partial charge >= 0.3 is 5.97 Å². The van der Waals surface area contributed by atoms with E-state index in [0.29, 0.717) is 13.1 Å². The molecule has 100 valence electrons. The number of carbonyl (C=O) groups is 1. The molecule has 1 rings (SSSR count). The third kappa shape index (κ3) is 3.91. The van der Waals surface area contributed by atoms with Crippen LogP contribution in [0.5, 0.6) is 0 Å². The van der Waals surface area contributed by atoms with Gasteiger partial charge < -0.3 is 10.2 Å². The molecule has 1 saturated heterocycles. The van der Waals surface area contributed by atoms with Crippen LogP contribution in [0.1, 0.15) is 26.2 Å². The molecule has 1 aliphatic rings. The molecular weight excluding hydrogens is 248 g/mol. The summed E-state index contributed by atoms with van der Waals surface area (Å²) in [5.74, 6) is -1.39. The van der Waals surface area contributed by atoms with Gasteiger partial charge in [-0.2, -0.15) is 17.4 Å². The first-order chi connectivity index (χ1) is 7.84. The summed E-state index contributed by atoms with van der Waals surface area (Å²) in [6, 6.07) is -1.51. The number of rotatable bonds is 5. The SMILES string of the molecule is C[C@@H](O)[C@H](NS(=O)(=O)N1CCCCC1)C(=O)O. The summed E-state index contributed by atoms with van der Waals surface area (Å²) in [6.45, 7) is 2.01. The minimum absolute atomic E-state index is 0.390. The molecule has 0 radical (unpaired) electrons. The van der Waals surface area contributed by atoms with Crippen molar-refractivity contribution in [1.82, 2.24) is 9.03 Å². The van der Waals surface area contributed by atoms with Crippen molar-refractivity contribution >= 4 is 16.2 Å². The minimum Gasteiger partial charge on any atom is -0.480 e. The van der Waals surface area contributed by atoms with Crippen LogP contribution >= 0.6 is 0 Å². The maximum Gasteiger partial charge on any atom is 0.324 e. The number of carboxylic acids is 1. The van der Waals surface area contributed by atoms with Gasteiger partial charge in [-0.3, -0.25) is 4.79 Å². The van der Waals surface area contributed by atoms with Crippen molar-refractivity contribution in [2.45, 2.75) is 38.3 Å². The highest BCUT2D eigenvalue weighted by molar-refractivity contribution is 7.87. The molecule has 0 unspecified atom stereocenters. The number of nitrogens with one attached hydrogen (secondary N) is 1. The van der Waals surface area contributed by atoms with E-state index in [1.807, 2.05) is 4.72 Å². The second-order valence-electron chi connectivity index (χ2n) is 4.14. The zero-order valence-electron chi connectivity index (χ0n) is 9.66. The van der Waals surface area contributed by atoms with E-state index in [2.05, 4.69) is 0 Å². The minimum atomic E-state index is -3.83. The first-order valence-electron chi connectivity index (χ1n) is 5.53. The number of aliphatic hydroxyl groups excluding tert-OH is 1. The second-order valence-corrected chi connectivity index (χ2v) is 5.84. The van der Waals surface area contributed by atoms with Crippen molar-refractivity contribution < 1.29 is 23.4 Å². The van der Waals surface area contributed by atoms with Crippen molar-refractivity contribution in [2.75, 3.05) is 13.1 Å². The van der Waals surface area contributed by atoms with Gasteiger partial charge in [-0.25, -0.2) is 0 Å². The van der Waals surface area contributed by atoms with Gasteiger partial charge in [0.25, 0.3) is 10.2 Å². The summed E-state index contributed by atoms with van der Waals surface area (Å²) >= 11 is 0. The molecule has 1 fully saturated rings. The van der Waals surface area contributed by atoms with Crippen molar-refractivity contribution in [3.63, 3.8) is 0 Å². The number of aliphatic hydroxyl groups is 1. The largest absolute Gasteiger partial charge is 0.480 e. The van der Waals surface area contributed by atoms with Crippen molar-refractivity contribution in [1.29, 1.82) is 0 Å². The van der Waals surface area contributed by atoms with E-state index in [0.717, 1.165) is 19.3 Å². The van der Waals surface area contributed by atoms with Crippen LogP contribution in [0.4, 0.5) is 0 Å². The van der Waals surface area contributed by atoms with E-state index in [4.69, 9.17) is 5.11 Å². The molecule has 0 aliphatic carbocycles. The maximum atomic E-state index is 11.8. The Hall–Kier alpha value is -0.700. The number of piperidine rings is 1. The first kappa shape index (κ1) is 14.4. The topological polar surface area (TPSA) is 107 Å². The standard InChI is InChI=1S/C9H18N2O5S/c1-7(12)8(9(13)14)10-17(15,16)11-5-3-2-4-6-11/h7-8,10,12H,2-6H2,1H3,(H,13,14)/t7-,8+/m1/s1. The van der Waals surface area contributed by atoms with Crippen molar-refractivity contribution in [3.05, 3.63) is 0 Å². The Morgan fingerprint density at radius 2 is 1.82 bits per heavy atom. The van der Waals surface area contributed by atoms with E-state index in [9.17, 15) is 18.3 Å². The number of carboxylic acid groups (broad SMARTS) is 1. The van der Waals surface area contributed by atoms with Crippen LogP contribution < -0.4 is 4.72 Å². The highest BCUT2D eigenvalue weighted by atomic mass is 32.2. The lowest BCUT2D eigenvalue weighted by molar-refractivity contribution is -0.141. The van der Waals surface area contributed by atoms with Gasteiger partial charge in [0.05, 0.1) is 6.10 Å². The monoisotopic (exact) mass is 266 g/mol. The summed E-state index contributed by atoms with van der Waals surface area (Å²) in [7, 11) is -3.83. The lowest BCUT2D eigenvalue weighted by Crippen LogP contribution is -2.53. The predicted molar refractivity (Wildman–Crippen MR) is 60.6 cm³/mol. The average molecular weight is 266 g/mol. The molecule has 0 bridgehead atoms. The number of hydrogen-bond acceptors (Lipinski definition) is 4. The van der Waals surface area contributed by atoms with Gasteiger partial charge in [-0.05, 0) is 19.8 Å². The van der Waals surface area contributed by atoms with E-state index in [1.54, 1.807) is 0 Å². The van der Waals surface area contributed by atoms with Crippen LogP contribution in [0.15, 0.2) is 0 Å². The molecule has 17 heavy (non-hydrogen) atoms. The zero-order valence-corrected chi connectivity index (χ0v) is 10.5. The summed E-state index contributed by atoms with van der Waals surface area (Å²) < 4.78 is 26.9. The molecule has 3 N–H and O–H groups in total. The molecule has 0 aromatic rings. The lowest BCUT2D eigenvalue weighted by atomic mass is 10.2. The lowest BCUT2D eigenvalue weighted by Gasteiger charge is -2.28. The molecule has 7 nitrogen and oxygen atoms in total. The molecule has 8 heteroatoms. The quantitative estimate of drug-likeness (QED) is 0.600. The van der Waals surface area contributed by atoms with Crippen LogP contribution in [-0.4, -0.2) is 54.1 Å². The zero-order chi connectivity index (χ0) is 13.1. The average Bonchev–Trinajstić information content (AvgIpc) is 2.26. The van der Waals surface area contributed by atoms with E-state index in [1.165, 1.54) is 11.2 Å². The van der Waals surface area contributed by atoms with Gasteiger partial charge in [-0.1, -0.05) is 6.42 Å². The van der Waals surface area contributed by atoms with Gasteiger partial charge in [0.1, 0.15) is 6.04 Å². The first-order valence-corrected chi connectivity index (χ1v) is 6.97. The fourth-order valence-electron chi connectivity index (χ4n) is 1.70. The van der Waals surface area contributed by atoms with E-state index >= 15 is 0 Å². The van der Waals surface area contributed by atoms with Crippen LogP contribution in [0.25, 0.3) is 0 Å². The van der Waals surface area contributed by atoms with Crippen molar-refractivity contribution in [3.8, 4) is 0 Å². The van der Waals surface area contributed by atoms with Crippen LogP contribution in [0.3, 0.4) is 0 Å². The maximum absolute atomic E-state index is 11.8. The van der Waals surface area contributed by atoms with E-state index in [-0.39, 0.29) is 0 Å². The molecule has 1 heterocycles. The van der Waals surface area contributed by atoms with Crippen LogP contribution in [-0.2, 0) is 15.0 Å². The van der Waals surface area contributed by atoms with Gasteiger partial charge in [0, 0.05) is 13.1 Å². The molecule has 1 aliphatic heterocycles. The Kier molecular flexibility index (Phi) is 4.87. The molecular formula is C9H18N2O5S. The second kappa shape index (κ2) is 5.76. The molecule has 0 aromatic heterocycles. The highest BCUT2D eigenvalue weighted by Gasteiger charge is 2.32. The Labute approximate surface area is 101 Å². The smallest absolute Gasteiger partial charge is 0.324 e. The fraction of sp³-hybridized carbons (Fsp3) is 0.889. The van der Waals surface area contributed by atoms with E-state index < -0.39 is 28.3 Å². The molecule has 0 aromatic carbocycles. The van der Waals surface area contributed by atoms with Crippen LogP contribution in [0, 0.1) is 0 Å². The Balaban J connectivity index is 2.73. The van der Waals surface area contributed by atoms with Gasteiger partial charge in [0.15, 0.2) is 0 Å². The Morgan fingerprint density at radius 3 is 2.24 bits per heavy atom. The summed E-state index contributed by atoms with van der Waals surface area (Å²) in [6.07, 6.45) is 1.23. The van der Waals surface area contributed by atoms with Crippen LogP contribution in [0.2, 0.25) is 0 Å². The number of nitrogens with zero attached hydrogens (tertiary/aromatic N) is 1. The third-order valence-corrected chi connectivity index (χ3v) is 4.28. The van der Waals surface area contributed by atoms with Gasteiger partial charge in [0.2, 0.25) is 0 Å². The summed E-state index contributed by atoms with van der Waals surface area (Å²) in [5.41, 5.74) is 0. The van der Waals surface area contributed by atoms with Gasteiger partial charge in [-0.15, -0.1) is 0 Å².